The molecule has 0 saturated carbocycles. The standard InChI is InChI=1S/C20H19F3N4O2/c1-2-3-10-27(19(29)16-9-8-13(11-24-16)20(21,22)23)12-17-25-15-7-5-4-6-14(15)18(28)26-17/h4-9,11H,2-3,10,12H2,1H3,(H,25,26,28). The van der Waals surface area contributed by atoms with Crippen LogP contribution < -0.4 is 5.56 Å². The van der Waals surface area contributed by atoms with Crippen molar-refractivity contribution in [2.75, 3.05) is 6.54 Å². The lowest BCUT2D eigenvalue weighted by Crippen LogP contribution is -2.33. The molecule has 0 atom stereocenters. The molecule has 0 fully saturated rings. The highest BCUT2D eigenvalue weighted by atomic mass is 19.4. The minimum absolute atomic E-state index is 0.0155. The first kappa shape index (κ1) is 20.5. The monoisotopic (exact) mass is 404 g/mol. The van der Waals surface area contributed by atoms with Crippen molar-refractivity contribution in [2.24, 2.45) is 0 Å². The number of pyridine rings is 1. The molecule has 1 aromatic carbocycles. The van der Waals surface area contributed by atoms with Crippen LogP contribution in [0.3, 0.4) is 0 Å². The van der Waals surface area contributed by atoms with Gasteiger partial charge in [0.25, 0.3) is 11.5 Å². The molecule has 0 spiro atoms. The molecule has 9 heteroatoms. The van der Waals surface area contributed by atoms with Crippen LogP contribution in [0.25, 0.3) is 10.9 Å². The fraction of sp³-hybridized carbons (Fsp3) is 0.300. The number of unbranched alkanes of at least 4 members (excludes halogenated alkanes) is 1. The minimum atomic E-state index is -4.52. The van der Waals surface area contributed by atoms with Crippen molar-refractivity contribution in [1.29, 1.82) is 0 Å². The molecule has 0 aliphatic carbocycles. The molecule has 1 amide bonds. The Hall–Kier alpha value is -3.23. The van der Waals surface area contributed by atoms with Crippen molar-refractivity contribution in [3.63, 3.8) is 0 Å². The molecule has 0 aliphatic rings. The second-order valence-corrected chi connectivity index (χ2v) is 6.54. The summed E-state index contributed by atoms with van der Waals surface area (Å²) in [5.74, 6) is -0.229. The van der Waals surface area contributed by atoms with Crippen molar-refractivity contribution in [1.82, 2.24) is 19.9 Å². The van der Waals surface area contributed by atoms with Gasteiger partial charge in [0.1, 0.15) is 11.5 Å². The first-order valence-corrected chi connectivity index (χ1v) is 9.10. The van der Waals surface area contributed by atoms with E-state index in [4.69, 9.17) is 0 Å². The highest BCUT2D eigenvalue weighted by Crippen LogP contribution is 2.28. The van der Waals surface area contributed by atoms with Gasteiger partial charge in [0.2, 0.25) is 0 Å². The van der Waals surface area contributed by atoms with Crippen LogP contribution in [-0.2, 0) is 12.7 Å². The van der Waals surface area contributed by atoms with E-state index in [1.807, 2.05) is 6.92 Å². The number of alkyl halides is 3. The summed E-state index contributed by atoms with van der Waals surface area (Å²) in [6, 6.07) is 8.72. The second kappa shape index (κ2) is 8.42. The number of amides is 1. The topological polar surface area (TPSA) is 79.0 Å². The molecule has 2 aromatic heterocycles. The summed E-state index contributed by atoms with van der Waals surface area (Å²) < 4.78 is 38.2. The van der Waals surface area contributed by atoms with Crippen molar-refractivity contribution >= 4 is 16.8 Å². The van der Waals surface area contributed by atoms with E-state index in [1.165, 1.54) is 4.90 Å². The van der Waals surface area contributed by atoms with Gasteiger partial charge >= 0.3 is 6.18 Å². The van der Waals surface area contributed by atoms with Gasteiger partial charge in [0.05, 0.1) is 23.0 Å². The zero-order valence-electron chi connectivity index (χ0n) is 15.7. The average Bonchev–Trinajstić information content (AvgIpc) is 2.70. The number of hydrogen-bond acceptors (Lipinski definition) is 4. The highest BCUT2D eigenvalue weighted by Gasteiger charge is 2.31. The van der Waals surface area contributed by atoms with E-state index >= 15 is 0 Å². The van der Waals surface area contributed by atoms with Crippen molar-refractivity contribution in [3.05, 3.63) is 70.0 Å². The van der Waals surface area contributed by atoms with E-state index in [1.54, 1.807) is 24.3 Å². The van der Waals surface area contributed by atoms with Crippen molar-refractivity contribution in [2.45, 2.75) is 32.5 Å². The molecule has 1 N–H and O–H groups in total. The van der Waals surface area contributed by atoms with Crippen LogP contribution in [0, 0.1) is 0 Å². The number of H-pyrrole nitrogens is 1. The molecule has 6 nitrogen and oxygen atoms in total. The maximum atomic E-state index is 12.8. The third kappa shape index (κ3) is 4.79. The Labute approximate surface area is 164 Å². The number of carbonyl (C=O) groups excluding carboxylic acids is 1. The van der Waals surface area contributed by atoms with Gasteiger partial charge in [-0.3, -0.25) is 14.6 Å². The third-order valence-corrected chi connectivity index (χ3v) is 4.38. The zero-order chi connectivity index (χ0) is 21.0. The van der Waals surface area contributed by atoms with Crippen LogP contribution in [0.4, 0.5) is 13.2 Å². The smallest absolute Gasteiger partial charge is 0.330 e. The van der Waals surface area contributed by atoms with Crippen molar-refractivity contribution in [3.8, 4) is 0 Å². The van der Waals surface area contributed by atoms with E-state index in [-0.39, 0.29) is 17.8 Å². The summed E-state index contributed by atoms with van der Waals surface area (Å²) in [4.78, 5) is 37.2. The molecule has 152 valence electrons. The Kier molecular flexibility index (Phi) is 5.95. The Morgan fingerprint density at radius 2 is 1.93 bits per heavy atom. The molecule has 2 heterocycles. The van der Waals surface area contributed by atoms with Gasteiger partial charge in [-0.05, 0) is 30.7 Å². The van der Waals surface area contributed by atoms with Gasteiger partial charge in [-0.2, -0.15) is 13.2 Å². The summed E-state index contributed by atoms with van der Waals surface area (Å²) in [7, 11) is 0. The van der Waals surface area contributed by atoms with Crippen molar-refractivity contribution < 1.29 is 18.0 Å². The van der Waals surface area contributed by atoms with Gasteiger partial charge in [-0.15, -0.1) is 0 Å². The largest absolute Gasteiger partial charge is 0.417 e. The number of hydrogen-bond donors (Lipinski definition) is 1. The van der Waals surface area contributed by atoms with E-state index < -0.39 is 17.6 Å². The number of aromatic nitrogens is 3. The van der Waals surface area contributed by atoms with Gasteiger partial charge < -0.3 is 9.88 Å². The van der Waals surface area contributed by atoms with E-state index in [9.17, 15) is 22.8 Å². The predicted molar refractivity (Wildman–Crippen MR) is 101 cm³/mol. The molecular formula is C20H19F3N4O2. The van der Waals surface area contributed by atoms with Crippen LogP contribution in [-0.4, -0.2) is 32.3 Å². The Balaban J connectivity index is 1.88. The summed E-state index contributed by atoms with van der Waals surface area (Å²) in [6.07, 6.45) is -2.39. The number of benzene rings is 1. The van der Waals surface area contributed by atoms with Crippen LogP contribution in [0.1, 0.15) is 41.6 Å². The molecule has 3 aromatic rings. The van der Waals surface area contributed by atoms with E-state index in [2.05, 4.69) is 15.0 Å². The average molecular weight is 404 g/mol. The predicted octanol–water partition coefficient (Wildman–Crippen LogP) is 3.78. The molecule has 0 unspecified atom stereocenters. The van der Waals surface area contributed by atoms with Crippen LogP contribution in [0.15, 0.2) is 47.4 Å². The highest BCUT2D eigenvalue weighted by molar-refractivity contribution is 5.92. The third-order valence-electron chi connectivity index (χ3n) is 4.38. The summed E-state index contributed by atoms with van der Waals surface area (Å²) in [5, 5.41) is 0.437. The Morgan fingerprint density at radius 3 is 2.59 bits per heavy atom. The normalized spacial score (nSPS) is 11.6. The number of rotatable bonds is 6. The molecule has 0 bridgehead atoms. The number of nitrogens with zero attached hydrogens (tertiary/aromatic N) is 3. The van der Waals surface area contributed by atoms with Crippen LogP contribution in [0.5, 0.6) is 0 Å². The summed E-state index contributed by atoms with van der Waals surface area (Å²) >= 11 is 0. The quantitative estimate of drug-likeness (QED) is 0.678. The fourth-order valence-electron chi connectivity index (χ4n) is 2.84. The van der Waals surface area contributed by atoms with Gasteiger partial charge in [-0.1, -0.05) is 25.5 Å². The molecule has 3 rings (SSSR count). The van der Waals surface area contributed by atoms with E-state index in [0.29, 0.717) is 35.9 Å². The Bertz CT molecular complexity index is 1060. The Morgan fingerprint density at radius 1 is 1.17 bits per heavy atom. The zero-order valence-corrected chi connectivity index (χ0v) is 15.7. The molecule has 0 saturated heterocycles. The number of halogens is 3. The number of carbonyl (C=O) groups is 1. The maximum Gasteiger partial charge on any atom is 0.417 e. The number of fused-ring (bicyclic) bond motifs is 1. The first-order valence-electron chi connectivity index (χ1n) is 9.10. The van der Waals surface area contributed by atoms with Crippen LogP contribution in [0.2, 0.25) is 0 Å². The first-order chi connectivity index (χ1) is 13.8. The second-order valence-electron chi connectivity index (χ2n) is 6.54. The minimum Gasteiger partial charge on any atom is -0.330 e. The number of para-hydroxylation sites is 1. The molecule has 0 aliphatic heterocycles. The number of nitrogens with one attached hydrogen (secondary N) is 1. The maximum absolute atomic E-state index is 12.8. The number of aromatic amines is 1. The lowest BCUT2D eigenvalue weighted by Gasteiger charge is -2.22. The fourth-order valence-corrected chi connectivity index (χ4v) is 2.84. The summed E-state index contributed by atoms with van der Waals surface area (Å²) in [5.41, 5.74) is -0.838. The summed E-state index contributed by atoms with van der Waals surface area (Å²) in [6.45, 7) is 2.32. The lowest BCUT2D eigenvalue weighted by molar-refractivity contribution is -0.137. The van der Waals surface area contributed by atoms with Crippen LogP contribution >= 0.6 is 0 Å². The van der Waals surface area contributed by atoms with Gasteiger partial charge in [0.15, 0.2) is 0 Å². The SMILES string of the molecule is CCCCN(Cc1nc2ccccc2c(=O)[nH]1)C(=O)c1ccc(C(F)(F)F)cn1. The molecule has 29 heavy (non-hydrogen) atoms. The lowest BCUT2D eigenvalue weighted by atomic mass is 10.2. The van der Waals surface area contributed by atoms with Gasteiger partial charge in [0, 0.05) is 12.7 Å². The molecule has 0 radical (unpaired) electrons. The van der Waals surface area contributed by atoms with Gasteiger partial charge in [-0.25, -0.2) is 4.98 Å². The molecular weight excluding hydrogens is 385 g/mol. The van der Waals surface area contributed by atoms with E-state index in [0.717, 1.165) is 18.6 Å².